The molecule has 0 aromatic carbocycles. The van der Waals surface area contributed by atoms with Crippen LogP contribution in [-0.4, -0.2) is 44.3 Å². The molecule has 0 saturated heterocycles. The summed E-state index contributed by atoms with van der Waals surface area (Å²) >= 11 is 0. The summed E-state index contributed by atoms with van der Waals surface area (Å²) in [6.07, 6.45) is 0. The SMILES string of the molecule is Nc1nc(N)nc(N)n1.O.[SnH]. The van der Waals surface area contributed by atoms with Gasteiger partial charge in [-0.1, -0.05) is 0 Å². The molecule has 11 heavy (non-hydrogen) atoms. The summed E-state index contributed by atoms with van der Waals surface area (Å²) in [6, 6.07) is 0. The molecule has 0 fully saturated rings. The number of nitrogens with two attached hydrogens (primary N) is 3. The standard InChI is InChI=1S/C3H6N6.H2O.Sn.H/c4-1-7-2(5)9-3(6)8-1;;;/h(H6,4,5,6,7,8,9);1H2;;. The van der Waals surface area contributed by atoms with Crippen LogP contribution in [0.5, 0.6) is 0 Å². The van der Waals surface area contributed by atoms with Gasteiger partial charge < -0.3 is 22.7 Å². The summed E-state index contributed by atoms with van der Waals surface area (Å²) in [5.41, 5.74) is 15.4. The van der Waals surface area contributed by atoms with E-state index in [1.807, 2.05) is 0 Å². The second-order valence-corrected chi connectivity index (χ2v) is 1.41. The number of hydrogen-bond acceptors (Lipinski definition) is 6. The molecule has 0 spiro atoms. The fraction of sp³-hybridized carbons (Fsp3) is 0. The molecule has 1 aromatic rings. The Labute approximate surface area is 79.7 Å². The van der Waals surface area contributed by atoms with Gasteiger partial charge in [-0.3, -0.25) is 0 Å². The zero-order chi connectivity index (χ0) is 6.85. The first-order valence-corrected chi connectivity index (χ1v) is 2.21. The van der Waals surface area contributed by atoms with Crippen LogP contribution in [0.1, 0.15) is 0 Å². The second-order valence-electron chi connectivity index (χ2n) is 1.41. The minimum absolute atomic E-state index is 0. The van der Waals surface area contributed by atoms with Gasteiger partial charge in [0.15, 0.2) is 0 Å². The Morgan fingerprint density at radius 2 is 0.909 bits per heavy atom. The van der Waals surface area contributed by atoms with Gasteiger partial charge in [0.05, 0.1) is 0 Å². The number of nitrogen functional groups attached to an aromatic ring is 3. The van der Waals surface area contributed by atoms with Gasteiger partial charge in [0.2, 0.25) is 17.8 Å². The number of nitrogens with zero attached hydrogens (tertiary/aromatic N) is 3. The van der Waals surface area contributed by atoms with Crippen molar-refractivity contribution in [2.75, 3.05) is 17.2 Å². The van der Waals surface area contributed by atoms with Crippen LogP contribution in [0.25, 0.3) is 0 Å². The Balaban J connectivity index is 0. The van der Waals surface area contributed by atoms with Gasteiger partial charge in [0, 0.05) is 0 Å². The molecule has 1 heterocycles. The first-order valence-electron chi connectivity index (χ1n) is 2.21. The number of hydrogen-bond donors (Lipinski definition) is 3. The fourth-order valence-electron chi connectivity index (χ4n) is 0.427. The van der Waals surface area contributed by atoms with Crippen molar-refractivity contribution in [2.24, 2.45) is 0 Å². The molecule has 0 unspecified atom stereocenters. The summed E-state index contributed by atoms with van der Waals surface area (Å²) in [7, 11) is 0. The van der Waals surface area contributed by atoms with E-state index in [4.69, 9.17) is 17.2 Å². The second kappa shape index (κ2) is 4.90. The van der Waals surface area contributed by atoms with E-state index in [2.05, 4.69) is 15.0 Å². The molecule has 1 aromatic heterocycles. The summed E-state index contributed by atoms with van der Waals surface area (Å²) < 4.78 is 0. The molecule has 7 nitrogen and oxygen atoms in total. The van der Waals surface area contributed by atoms with Crippen LogP contribution in [0.4, 0.5) is 17.8 Å². The summed E-state index contributed by atoms with van der Waals surface area (Å²) in [5, 5.41) is 0. The first-order chi connectivity index (χ1) is 4.18. The Bertz CT molecular complexity index is 179. The number of anilines is 3. The van der Waals surface area contributed by atoms with Crippen molar-refractivity contribution in [3.05, 3.63) is 0 Å². The maximum atomic E-state index is 5.14. The molecule has 0 amide bonds. The Kier molecular flexibility index (Phi) is 5.71. The molecule has 0 atom stereocenters. The predicted octanol–water partition coefficient (Wildman–Crippen LogP) is -2.85. The van der Waals surface area contributed by atoms with Crippen LogP contribution >= 0.6 is 0 Å². The molecule has 0 aliphatic rings. The van der Waals surface area contributed by atoms with Gasteiger partial charge in [-0.25, -0.2) is 0 Å². The topological polar surface area (TPSA) is 148 Å². The first kappa shape index (κ1) is 12.8. The van der Waals surface area contributed by atoms with Crippen LogP contribution in [0.15, 0.2) is 0 Å². The van der Waals surface area contributed by atoms with Gasteiger partial charge in [0.25, 0.3) is 0 Å². The quantitative estimate of drug-likeness (QED) is 0.429. The van der Waals surface area contributed by atoms with Crippen LogP contribution in [-0.2, 0) is 0 Å². The molecule has 0 aliphatic heterocycles. The monoisotopic (exact) mass is 265 g/mol. The van der Waals surface area contributed by atoms with Crippen molar-refractivity contribution in [1.82, 2.24) is 15.0 Å². The van der Waals surface area contributed by atoms with Crippen molar-refractivity contribution in [3.8, 4) is 0 Å². The van der Waals surface area contributed by atoms with Gasteiger partial charge in [-0.2, -0.15) is 15.0 Å². The van der Waals surface area contributed by atoms with E-state index in [1.165, 1.54) is 0 Å². The van der Waals surface area contributed by atoms with Crippen LogP contribution in [0, 0.1) is 0 Å². The molecule has 0 saturated carbocycles. The molecule has 8 heteroatoms. The van der Waals surface area contributed by atoms with Crippen molar-refractivity contribution in [3.63, 3.8) is 0 Å². The minimum atomic E-state index is 0. The van der Waals surface area contributed by atoms with E-state index in [0.29, 0.717) is 0 Å². The summed E-state index contributed by atoms with van der Waals surface area (Å²) in [4.78, 5) is 10.5. The van der Waals surface area contributed by atoms with Gasteiger partial charge in [-0.15, -0.1) is 0 Å². The van der Waals surface area contributed by atoms with Gasteiger partial charge in [0.1, 0.15) is 0 Å². The molecule has 1 rings (SSSR count). The third kappa shape index (κ3) is 3.78. The average molecular weight is 264 g/mol. The molecule has 61 valence electrons. The van der Waals surface area contributed by atoms with E-state index in [9.17, 15) is 0 Å². The van der Waals surface area contributed by atoms with Crippen molar-refractivity contribution < 1.29 is 5.48 Å². The van der Waals surface area contributed by atoms with E-state index < -0.39 is 0 Å². The normalized spacial score (nSPS) is 7.64. The number of rotatable bonds is 0. The fourth-order valence-corrected chi connectivity index (χ4v) is 0.427. The van der Waals surface area contributed by atoms with E-state index >= 15 is 0 Å². The molecular weight excluding hydrogens is 255 g/mol. The zero-order valence-corrected chi connectivity index (χ0v) is 8.95. The third-order valence-electron chi connectivity index (χ3n) is 0.687. The molecule has 8 N–H and O–H groups in total. The third-order valence-corrected chi connectivity index (χ3v) is 0.687. The molecular formula is C3H9N6OSn. The molecule has 0 bridgehead atoms. The zero-order valence-electron chi connectivity index (χ0n) is 5.65. The van der Waals surface area contributed by atoms with E-state index in [1.54, 1.807) is 0 Å². The van der Waals surface area contributed by atoms with Crippen LogP contribution in [0.3, 0.4) is 0 Å². The number of aromatic nitrogens is 3. The molecule has 0 aliphatic carbocycles. The summed E-state index contributed by atoms with van der Waals surface area (Å²) in [6.45, 7) is 0. The van der Waals surface area contributed by atoms with Gasteiger partial charge >= 0.3 is 23.9 Å². The Hall–Kier alpha value is -0.831. The Morgan fingerprint density at radius 1 is 0.727 bits per heavy atom. The van der Waals surface area contributed by atoms with Crippen LogP contribution in [0.2, 0.25) is 0 Å². The maximum absolute atomic E-state index is 5.14. The van der Waals surface area contributed by atoms with E-state index in [0.717, 1.165) is 0 Å². The van der Waals surface area contributed by atoms with Crippen molar-refractivity contribution >= 4 is 41.8 Å². The van der Waals surface area contributed by atoms with Gasteiger partial charge in [-0.05, 0) is 0 Å². The van der Waals surface area contributed by atoms with Crippen molar-refractivity contribution in [2.45, 2.75) is 0 Å². The average Bonchev–Trinajstić information content (AvgIpc) is 1.59. The summed E-state index contributed by atoms with van der Waals surface area (Å²) in [5.74, 6) is 0.125. The van der Waals surface area contributed by atoms with Crippen LogP contribution < -0.4 is 17.2 Å². The predicted molar refractivity (Wildman–Crippen MR) is 43.8 cm³/mol. The Morgan fingerprint density at radius 3 is 1.09 bits per heavy atom. The van der Waals surface area contributed by atoms with Crippen molar-refractivity contribution in [1.29, 1.82) is 0 Å². The van der Waals surface area contributed by atoms with E-state index in [-0.39, 0.29) is 47.2 Å². The molecule has 3 radical (unpaired) electrons.